The van der Waals surface area contributed by atoms with E-state index in [0.717, 1.165) is 22.3 Å². The number of carbonyl (C=O) groups excluding carboxylic acids is 2. The maximum absolute atomic E-state index is 12.2. The van der Waals surface area contributed by atoms with Gasteiger partial charge in [-0.05, 0) is 49.7 Å². The number of nitrogens with zero attached hydrogens (tertiary/aromatic N) is 1. The zero-order valence-electron chi connectivity index (χ0n) is 24.8. The van der Waals surface area contributed by atoms with Gasteiger partial charge in [0, 0.05) is 30.3 Å². The van der Waals surface area contributed by atoms with Crippen molar-refractivity contribution in [2.24, 2.45) is 0 Å². The number of aliphatic hydroxyl groups excluding tert-OH is 2. The molecule has 5 unspecified atom stereocenters. The molecule has 1 saturated heterocycles. The molecule has 0 saturated carbocycles. The second-order valence-electron chi connectivity index (χ2n) is 10.6. The molecule has 3 aromatic carbocycles. The number of anilines is 1. The van der Waals surface area contributed by atoms with Crippen molar-refractivity contribution >= 4 is 17.7 Å². The highest BCUT2D eigenvalue weighted by Crippen LogP contribution is 2.38. The third-order valence-electron chi connectivity index (χ3n) is 7.54. The molecule has 1 heterocycles. The summed E-state index contributed by atoms with van der Waals surface area (Å²) in [6, 6.07) is 23.8. The molecule has 1 fully saturated rings. The standard InChI is InChI=1S/C33H41N3O7/c1-4-41-30(38)19-34-33(40)35-27-16-14-26(15-17-27)32-42-28(18-29(43-32)24-12-10-23(21-37)11-13-24)20-36(3)22(2)31(39)25-8-6-5-7-9-25/h5-17,22,28-29,31-32,37,39H,4,18-21H2,1-3H3,(H2,34,35,40). The van der Waals surface area contributed by atoms with Crippen LogP contribution in [-0.2, 0) is 25.6 Å². The van der Waals surface area contributed by atoms with Gasteiger partial charge in [0.1, 0.15) is 6.54 Å². The lowest BCUT2D eigenvalue weighted by Crippen LogP contribution is -2.43. The number of hydrogen-bond acceptors (Lipinski definition) is 8. The normalized spacial score (nSPS) is 19.8. The summed E-state index contributed by atoms with van der Waals surface area (Å²) in [6.07, 6.45) is -1.18. The molecule has 230 valence electrons. The second kappa shape index (κ2) is 15.6. The van der Waals surface area contributed by atoms with Gasteiger partial charge in [0.2, 0.25) is 0 Å². The van der Waals surface area contributed by atoms with Gasteiger partial charge in [-0.3, -0.25) is 9.69 Å². The van der Waals surface area contributed by atoms with E-state index in [1.165, 1.54) is 0 Å². The van der Waals surface area contributed by atoms with Gasteiger partial charge in [-0.25, -0.2) is 4.79 Å². The lowest BCUT2D eigenvalue weighted by atomic mass is 9.98. The van der Waals surface area contributed by atoms with E-state index in [2.05, 4.69) is 15.5 Å². The van der Waals surface area contributed by atoms with Gasteiger partial charge >= 0.3 is 12.0 Å². The highest BCUT2D eigenvalue weighted by atomic mass is 16.7. The molecule has 4 rings (SSSR count). The van der Waals surface area contributed by atoms with Crippen LogP contribution in [-0.4, -0.2) is 66.0 Å². The van der Waals surface area contributed by atoms with Crippen LogP contribution in [0.25, 0.3) is 0 Å². The van der Waals surface area contributed by atoms with E-state index >= 15 is 0 Å². The minimum atomic E-state index is -0.671. The first-order valence-corrected chi connectivity index (χ1v) is 14.5. The Morgan fingerprint density at radius 1 is 1.00 bits per heavy atom. The van der Waals surface area contributed by atoms with E-state index in [1.54, 1.807) is 19.1 Å². The molecule has 1 aliphatic rings. The van der Waals surface area contributed by atoms with E-state index in [1.807, 2.05) is 80.7 Å². The Morgan fingerprint density at radius 2 is 1.67 bits per heavy atom. The first kappa shape index (κ1) is 32.1. The molecular formula is C33H41N3O7. The Labute approximate surface area is 252 Å². The van der Waals surface area contributed by atoms with Crippen LogP contribution in [0.2, 0.25) is 0 Å². The largest absolute Gasteiger partial charge is 0.465 e. The minimum Gasteiger partial charge on any atom is -0.465 e. The van der Waals surface area contributed by atoms with Crippen LogP contribution < -0.4 is 10.6 Å². The van der Waals surface area contributed by atoms with Crippen molar-refractivity contribution in [3.63, 3.8) is 0 Å². The smallest absolute Gasteiger partial charge is 0.325 e. The SMILES string of the molecule is CCOC(=O)CNC(=O)Nc1ccc(C2OC(CN(C)C(C)C(O)c3ccccc3)CC(c3ccc(CO)cc3)O2)cc1. The molecule has 43 heavy (non-hydrogen) atoms. The number of benzene rings is 3. The number of nitrogens with one attached hydrogen (secondary N) is 2. The van der Waals surface area contributed by atoms with Gasteiger partial charge in [-0.2, -0.15) is 0 Å². The number of hydrogen-bond donors (Lipinski definition) is 4. The van der Waals surface area contributed by atoms with Gasteiger partial charge in [0.25, 0.3) is 0 Å². The molecule has 3 aromatic rings. The molecular weight excluding hydrogens is 550 g/mol. The summed E-state index contributed by atoms with van der Waals surface area (Å²) in [7, 11) is 1.98. The Kier molecular flexibility index (Phi) is 11.7. The molecule has 0 spiro atoms. The summed E-state index contributed by atoms with van der Waals surface area (Å²) in [5, 5.41) is 25.6. The fraction of sp³-hybridized carbons (Fsp3) is 0.394. The first-order chi connectivity index (χ1) is 20.8. The van der Waals surface area contributed by atoms with Crippen molar-refractivity contribution in [3.8, 4) is 0 Å². The third-order valence-corrected chi connectivity index (χ3v) is 7.54. The molecule has 2 amide bonds. The van der Waals surface area contributed by atoms with Crippen LogP contribution in [0.4, 0.5) is 10.5 Å². The van der Waals surface area contributed by atoms with E-state index < -0.39 is 24.4 Å². The fourth-order valence-electron chi connectivity index (χ4n) is 4.95. The second-order valence-corrected chi connectivity index (χ2v) is 10.6. The van der Waals surface area contributed by atoms with Crippen molar-refractivity contribution in [2.45, 2.75) is 57.5 Å². The van der Waals surface area contributed by atoms with Crippen LogP contribution in [0, 0.1) is 0 Å². The van der Waals surface area contributed by atoms with Crippen molar-refractivity contribution in [1.29, 1.82) is 0 Å². The number of ether oxygens (including phenoxy) is 3. The van der Waals surface area contributed by atoms with Gasteiger partial charge < -0.3 is 35.1 Å². The molecule has 1 aliphatic heterocycles. The zero-order valence-corrected chi connectivity index (χ0v) is 24.8. The number of urea groups is 1. The molecule has 0 aliphatic carbocycles. The Bertz CT molecular complexity index is 1300. The average Bonchev–Trinajstić information content (AvgIpc) is 3.04. The number of rotatable bonds is 12. The lowest BCUT2D eigenvalue weighted by molar-refractivity contribution is -0.253. The van der Waals surface area contributed by atoms with Crippen molar-refractivity contribution in [2.75, 3.05) is 32.1 Å². The molecule has 10 heteroatoms. The monoisotopic (exact) mass is 591 g/mol. The number of esters is 1. The summed E-state index contributed by atoms with van der Waals surface area (Å²) >= 11 is 0. The Hall–Kier alpha value is -3.80. The van der Waals surface area contributed by atoms with E-state index in [0.29, 0.717) is 18.7 Å². The van der Waals surface area contributed by atoms with Crippen LogP contribution >= 0.6 is 0 Å². The molecule has 5 atom stereocenters. The van der Waals surface area contributed by atoms with Crippen LogP contribution in [0.1, 0.15) is 61.0 Å². The number of likely N-dealkylation sites (N-methyl/N-ethyl adjacent to an activating group) is 1. The number of carbonyl (C=O) groups is 2. The van der Waals surface area contributed by atoms with Crippen LogP contribution in [0.5, 0.6) is 0 Å². The summed E-state index contributed by atoms with van der Waals surface area (Å²) in [5.74, 6) is -0.510. The van der Waals surface area contributed by atoms with Crippen molar-refractivity contribution < 1.29 is 34.0 Å². The highest BCUT2D eigenvalue weighted by Gasteiger charge is 2.34. The van der Waals surface area contributed by atoms with Crippen LogP contribution in [0.15, 0.2) is 78.9 Å². The third kappa shape index (κ3) is 9.09. The molecule has 10 nitrogen and oxygen atoms in total. The lowest BCUT2D eigenvalue weighted by Gasteiger charge is -2.39. The predicted octanol–water partition coefficient (Wildman–Crippen LogP) is 4.46. The van der Waals surface area contributed by atoms with Gasteiger partial charge in [-0.1, -0.05) is 66.7 Å². The maximum Gasteiger partial charge on any atom is 0.325 e. The average molecular weight is 592 g/mol. The molecule has 0 bridgehead atoms. The fourth-order valence-corrected chi connectivity index (χ4v) is 4.95. The molecule has 0 radical (unpaired) electrons. The Morgan fingerprint density at radius 3 is 2.33 bits per heavy atom. The van der Waals surface area contributed by atoms with Crippen LogP contribution in [0.3, 0.4) is 0 Å². The topological polar surface area (TPSA) is 130 Å². The van der Waals surface area contributed by atoms with Gasteiger partial charge in [0.15, 0.2) is 6.29 Å². The summed E-state index contributed by atoms with van der Waals surface area (Å²) in [5.41, 5.74) is 3.97. The van der Waals surface area contributed by atoms with Crippen molar-refractivity contribution in [1.82, 2.24) is 10.2 Å². The number of amides is 2. The minimum absolute atomic E-state index is 0.0339. The predicted molar refractivity (Wildman–Crippen MR) is 162 cm³/mol. The van der Waals surface area contributed by atoms with Gasteiger partial charge in [-0.15, -0.1) is 0 Å². The quantitative estimate of drug-likeness (QED) is 0.227. The van der Waals surface area contributed by atoms with E-state index in [9.17, 15) is 19.8 Å². The summed E-state index contributed by atoms with van der Waals surface area (Å²) in [4.78, 5) is 25.8. The molecule has 0 aromatic heterocycles. The van der Waals surface area contributed by atoms with E-state index in [4.69, 9.17) is 14.2 Å². The summed E-state index contributed by atoms with van der Waals surface area (Å²) < 4.78 is 17.7. The first-order valence-electron chi connectivity index (χ1n) is 14.5. The zero-order chi connectivity index (χ0) is 30.8. The maximum atomic E-state index is 12.2. The Balaban J connectivity index is 1.45. The summed E-state index contributed by atoms with van der Waals surface area (Å²) in [6.45, 7) is 4.25. The van der Waals surface area contributed by atoms with Gasteiger partial charge in [0.05, 0.1) is 31.5 Å². The number of aliphatic hydroxyl groups is 2. The highest BCUT2D eigenvalue weighted by molar-refractivity contribution is 5.91. The van der Waals surface area contributed by atoms with Crippen molar-refractivity contribution in [3.05, 3.63) is 101 Å². The van der Waals surface area contributed by atoms with E-state index in [-0.39, 0.29) is 38.0 Å². The molecule has 4 N–H and O–H groups in total.